The van der Waals surface area contributed by atoms with E-state index in [4.69, 9.17) is 5.21 Å². The molecule has 0 fully saturated rings. The third-order valence-electron chi connectivity index (χ3n) is 4.65. The molecule has 9 heteroatoms. The molecule has 0 aliphatic rings. The van der Waals surface area contributed by atoms with Crippen LogP contribution in [-0.4, -0.2) is 40.5 Å². The molecule has 1 aromatic heterocycles. The fourth-order valence-corrected chi connectivity index (χ4v) is 3.95. The van der Waals surface area contributed by atoms with E-state index in [-0.39, 0.29) is 11.1 Å². The second-order valence-corrected chi connectivity index (χ2v) is 7.78. The zero-order valence-electron chi connectivity index (χ0n) is 17.2. The van der Waals surface area contributed by atoms with Crippen LogP contribution < -0.4 is 10.2 Å². The Morgan fingerprint density at radius 2 is 2.13 bits per heavy atom. The number of anilines is 2. The summed E-state index contributed by atoms with van der Waals surface area (Å²) < 4.78 is 13.9. The third kappa shape index (κ3) is 5.18. The lowest BCUT2D eigenvalue weighted by Gasteiger charge is -2.22. The van der Waals surface area contributed by atoms with Crippen molar-refractivity contribution in [2.45, 2.75) is 20.3 Å². The molecule has 0 saturated carbocycles. The Morgan fingerprint density at radius 3 is 2.84 bits per heavy atom. The van der Waals surface area contributed by atoms with E-state index >= 15 is 0 Å². The van der Waals surface area contributed by atoms with Gasteiger partial charge < -0.3 is 15.2 Å². The van der Waals surface area contributed by atoms with Gasteiger partial charge in [0, 0.05) is 36.1 Å². The molecule has 0 spiro atoms. The fraction of sp³-hybridized carbons (Fsp3) is 0.227. The van der Waals surface area contributed by atoms with Gasteiger partial charge >= 0.3 is 0 Å². The van der Waals surface area contributed by atoms with Crippen molar-refractivity contribution in [3.63, 3.8) is 0 Å². The SMILES string of the molecule is CCCN(CC)c1cccc(-c2cnc(NC(=O)c3cc(F)c(O)c(/C=N/O)c3)s2)c1. The maximum Gasteiger partial charge on any atom is 0.257 e. The molecule has 3 aromatic rings. The number of rotatable bonds is 8. The van der Waals surface area contributed by atoms with Gasteiger partial charge in [-0.05, 0) is 43.2 Å². The molecule has 1 amide bonds. The van der Waals surface area contributed by atoms with Gasteiger partial charge in [0.1, 0.15) is 0 Å². The molecule has 0 unspecified atom stereocenters. The van der Waals surface area contributed by atoms with Crippen molar-refractivity contribution in [1.29, 1.82) is 0 Å². The molecule has 162 valence electrons. The summed E-state index contributed by atoms with van der Waals surface area (Å²) in [4.78, 5) is 20.0. The van der Waals surface area contributed by atoms with Crippen LogP contribution in [0.15, 0.2) is 47.8 Å². The number of phenolic OH excluding ortho intramolecular Hbond substituents is 1. The number of oxime groups is 1. The van der Waals surface area contributed by atoms with E-state index in [0.717, 1.165) is 47.9 Å². The lowest BCUT2D eigenvalue weighted by molar-refractivity contribution is 0.102. The number of nitrogens with zero attached hydrogens (tertiary/aromatic N) is 3. The summed E-state index contributed by atoms with van der Waals surface area (Å²) in [5.74, 6) is -2.29. The van der Waals surface area contributed by atoms with E-state index < -0.39 is 17.5 Å². The number of benzene rings is 2. The van der Waals surface area contributed by atoms with Gasteiger partial charge in [0.25, 0.3) is 5.91 Å². The monoisotopic (exact) mass is 442 g/mol. The predicted octanol–water partition coefficient (Wildman–Crippen LogP) is 4.95. The highest BCUT2D eigenvalue weighted by atomic mass is 32.1. The predicted molar refractivity (Wildman–Crippen MR) is 121 cm³/mol. The second kappa shape index (κ2) is 10.0. The van der Waals surface area contributed by atoms with Gasteiger partial charge in [-0.15, -0.1) is 0 Å². The fourth-order valence-electron chi connectivity index (χ4n) is 3.14. The molecule has 0 saturated heterocycles. The number of phenols is 1. The molecule has 31 heavy (non-hydrogen) atoms. The number of carbonyl (C=O) groups excluding carboxylic acids is 1. The average Bonchev–Trinajstić information content (AvgIpc) is 3.23. The first kappa shape index (κ1) is 22.2. The van der Waals surface area contributed by atoms with Gasteiger partial charge in [-0.2, -0.15) is 0 Å². The quantitative estimate of drug-likeness (QED) is 0.260. The molecular weight excluding hydrogens is 419 g/mol. The smallest absolute Gasteiger partial charge is 0.257 e. The van der Waals surface area contributed by atoms with Gasteiger partial charge in [-0.1, -0.05) is 35.5 Å². The third-order valence-corrected chi connectivity index (χ3v) is 5.61. The van der Waals surface area contributed by atoms with Crippen molar-refractivity contribution < 1.29 is 19.5 Å². The van der Waals surface area contributed by atoms with Gasteiger partial charge in [0.05, 0.1) is 11.1 Å². The number of aromatic hydroxyl groups is 1. The maximum atomic E-state index is 13.9. The minimum absolute atomic E-state index is 0.0397. The standard InChI is InChI=1S/C22H23FN4O3S/c1-3-8-27(4-2)17-7-5-6-14(10-17)19-13-24-22(31-19)26-21(29)15-9-16(12-25-30)20(28)18(23)11-15/h5-7,9-13,28,30H,3-4,8H2,1-2H3,(H,24,26,29)/b25-12+. The average molecular weight is 443 g/mol. The molecule has 2 aromatic carbocycles. The molecule has 0 atom stereocenters. The summed E-state index contributed by atoms with van der Waals surface area (Å²) in [6, 6.07) is 10.3. The molecule has 0 radical (unpaired) electrons. The van der Waals surface area contributed by atoms with Crippen LogP contribution in [0.3, 0.4) is 0 Å². The summed E-state index contributed by atoms with van der Waals surface area (Å²) in [6.07, 6.45) is 3.58. The zero-order chi connectivity index (χ0) is 22.4. The van der Waals surface area contributed by atoms with Gasteiger partial charge in [0.15, 0.2) is 16.7 Å². The van der Waals surface area contributed by atoms with E-state index in [0.29, 0.717) is 5.13 Å². The molecule has 0 aliphatic heterocycles. The van der Waals surface area contributed by atoms with Crippen LogP contribution in [0.25, 0.3) is 10.4 Å². The van der Waals surface area contributed by atoms with E-state index in [1.165, 1.54) is 17.4 Å². The number of nitrogens with one attached hydrogen (secondary N) is 1. The first-order valence-corrected chi connectivity index (χ1v) is 10.6. The van der Waals surface area contributed by atoms with Gasteiger partial charge in [0.2, 0.25) is 0 Å². The van der Waals surface area contributed by atoms with Crippen molar-refractivity contribution >= 4 is 34.3 Å². The van der Waals surface area contributed by atoms with Crippen molar-refractivity contribution in [2.75, 3.05) is 23.3 Å². The van der Waals surface area contributed by atoms with Crippen LogP contribution >= 0.6 is 11.3 Å². The highest BCUT2D eigenvalue weighted by molar-refractivity contribution is 7.19. The zero-order valence-corrected chi connectivity index (χ0v) is 18.0. The number of hydrogen-bond donors (Lipinski definition) is 3. The van der Waals surface area contributed by atoms with Crippen LogP contribution in [0, 0.1) is 5.82 Å². The number of hydrogen-bond acceptors (Lipinski definition) is 7. The highest BCUT2D eigenvalue weighted by Crippen LogP contribution is 2.32. The minimum atomic E-state index is -0.994. The topological polar surface area (TPSA) is 98.1 Å². The van der Waals surface area contributed by atoms with Crippen LogP contribution in [0.4, 0.5) is 15.2 Å². The first-order valence-electron chi connectivity index (χ1n) is 9.79. The molecule has 3 rings (SSSR count). The largest absolute Gasteiger partial charge is 0.504 e. The lowest BCUT2D eigenvalue weighted by Crippen LogP contribution is -2.23. The lowest BCUT2D eigenvalue weighted by atomic mass is 10.1. The van der Waals surface area contributed by atoms with Crippen LogP contribution in [-0.2, 0) is 0 Å². The van der Waals surface area contributed by atoms with Crippen molar-refractivity contribution in [1.82, 2.24) is 4.98 Å². The van der Waals surface area contributed by atoms with Crippen LogP contribution in [0.2, 0.25) is 0 Å². The van der Waals surface area contributed by atoms with Gasteiger partial charge in [-0.3, -0.25) is 10.1 Å². The van der Waals surface area contributed by atoms with Gasteiger partial charge in [-0.25, -0.2) is 9.37 Å². The number of amides is 1. The number of thiazole rings is 1. The molecule has 0 aliphatic carbocycles. The minimum Gasteiger partial charge on any atom is -0.504 e. The Balaban J connectivity index is 1.80. The van der Waals surface area contributed by atoms with Crippen molar-refractivity contribution in [3.8, 4) is 16.2 Å². The normalized spacial score (nSPS) is 11.1. The number of halogens is 1. The van der Waals surface area contributed by atoms with Crippen LogP contribution in [0.5, 0.6) is 5.75 Å². The Bertz CT molecular complexity index is 1100. The van der Waals surface area contributed by atoms with Crippen molar-refractivity contribution in [3.05, 3.63) is 59.5 Å². The summed E-state index contributed by atoms with van der Waals surface area (Å²) in [5, 5.41) is 24.0. The summed E-state index contributed by atoms with van der Waals surface area (Å²) >= 11 is 1.30. The summed E-state index contributed by atoms with van der Waals surface area (Å²) in [7, 11) is 0. The summed E-state index contributed by atoms with van der Waals surface area (Å²) in [5.41, 5.74) is 1.96. The molecule has 7 nitrogen and oxygen atoms in total. The Kier molecular flexibility index (Phi) is 7.19. The maximum absolute atomic E-state index is 13.9. The van der Waals surface area contributed by atoms with Crippen molar-refractivity contribution in [2.24, 2.45) is 5.16 Å². The van der Waals surface area contributed by atoms with E-state index in [1.54, 1.807) is 6.20 Å². The van der Waals surface area contributed by atoms with Crippen LogP contribution in [0.1, 0.15) is 36.2 Å². The number of aromatic nitrogens is 1. The number of carbonyl (C=O) groups is 1. The summed E-state index contributed by atoms with van der Waals surface area (Å²) in [6.45, 7) is 6.14. The Morgan fingerprint density at radius 1 is 1.32 bits per heavy atom. The molecule has 1 heterocycles. The first-order chi connectivity index (χ1) is 15.0. The molecule has 3 N–H and O–H groups in total. The highest BCUT2D eigenvalue weighted by Gasteiger charge is 2.16. The van der Waals surface area contributed by atoms with E-state index in [1.807, 2.05) is 12.1 Å². The Hall–Kier alpha value is -3.46. The van der Waals surface area contributed by atoms with E-state index in [9.17, 15) is 14.3 Å². The Labute approximate surface area is 183 Å². The second-order valence-electron chi connectivity index (χ2n) is 6.75. The molecular formula is C22H23FN4O3S. The molecule has 0 bridgehead atoms. The van der Waals surface area contributed by atoms with E-state index in [2.05, 4.69) is 46.3 Å².